The van der Waals surface area contributed by atoms with E-state index in [1.165, 1.54) is 0 Å². The quantitative estimate of drug-likeness (QED) is 0.839. The SMILES string of the molecule is Cc1cccc(NC(=O)C2CC2C(=O)Nc2cc(Cl)ccc2Cl)c1. The summed E-state index contributed by atoms with van der Waals surface area (Å²) in [5.74, 6) is -1.02. The highest BCUT2D eigenvalue weighted by atomic mass is 35.5. The lowest BCUT2D eigenvalue weighted by Gasteiger charge is -2.08. The summed E-state index contributed by atoms with van der Waals surface area (Å²) in [5, 5.41) is 6.48. The summed E-state index contributed by atoms with van der Waals surface area (Å²) >= 11 is 11.9. The Labute approximate surface area is 150 Å². The minimum Gasteiger partial charge on any atom is -0.326 e. The molecule has 3 rings (SSSR count). The van der Waals surface area contributed by atoms with Crippen molar-refractivity contribution in [1.82, 2.24) is 0 Å². The average Bonchev–Trinajstić information content (AvgIpc) is 3.32. The summed E-state index contributed by atoms with van der Waals surface area (Å²) in [7, 11) is 0. The van der Waals surface area contributed by atoms with Crippen LogP contribution in [0, 0.1) is 18.8 Å². The van der Waals surface area contributed by atoms with Crippen LogP contribution >= 0.6 is 23.2 Å². The molecule has 1 aliphatic carbocycles. The monoisotopic (exact) mass is 362 g/mol. The molecule has 2 N–H and O–H groups in total. The van der Waals surface area contributed by atoms with Crippen molar-refractivity contribution in [3.05, 3.63) is 58.1 Å². The zero-order valence-electron chi connectivity index (χ0n) is 13.0. The van der Waals surface area contributed by atoms with Crippen LogP contribution in [0.15, 0.2) is 42.5 Å². The molecule has 0 saturated heterocycles. The number of benzene rings is 2. The van der Waals surface area contributed by atoms with Crippen LogP contribution in [0.25, 0.3) is 0 Å². The van der Waals surface area contributed by atoms with Crippen LogP contribution in [-0.2, 0) is 9.59 Å². The number of nitrogens with one attached hydrogen (secondary N) is 2. The Kier molecular flexibility index (Phi) is 4.78. The van der Waals surface area contributed by atoms with E-state index in [1.807, 2.05) is 31.2 Å². The molecule has 0 aromatic heterocycles. The number of halogens is 2. The van der Waals surface area contributed by atoms with E-state index in [0.717, 1.165) is 11.3 Å². The Morgan fingerprint density at radius 3 is 2.42 bits per heavy atom. The molecular formula is C18H16Cl2N2O2. The van der Waals surface area contributed by atoms with Crippen LogP contribution in [0.4, 0.5) is 11.4 Å². The molecular weight excluding hydrogens is 347 g/mol. The molecule has 124 valence electrons. The molecule has 2 unspecified atom stereocenters. The van der Waals surface area contributed by atoms with Crippen molar-refractivity contribution in [2.24, 2.45) is 11.8 Å². The van der Waals surface area contributed by atoms with Gasteiger partial charge in [-0.1, -0.05) is 35.3 Å². The second-order valence-corrected chi connectivity index (χ2v) is 6.76. The van der Waals surface area contributed by atoms with Crippen LogP contribution < -0.4 is 10.6 Å². The fourth-order valence-corrected chi connectivity index (χ4v) is 2.89. The van der Waals surface area contributed by atoms with Gasteiger partial charge in [0.05, 0.1) is 22.5 Å². The maximum Gasteiger partial charge on any atom is 0.228 e. The summed E-state index contributed by atoms with van der Waals surface area (Å²) in [6, 6.07) is 12.4. The summed E-state index contributed by atoms with van der Waals surface area (Å²) in [5.41, 5.74) is 2.26. The minimum atomic E-state index is -0.343. The lowest BCUT2D eigenvalue weighted by atomic mass is 10.2. The summed E-state index contributed by atoms with van der Waals surface area (Å²) in [4.78, 5) is 24.5. The number of hydrogen-bond donors (Lipinski definition) is 2. The van der Waals surface area contributed by atoms with E-state index in [2.05, 4.69) is 10.6 Å². The maximum absolute atomic E-state index is 12.3. The van der Waals surface area contributed by atoms with Crippen LogP contribution in [-0.4, -0.2) is 11.8 Å². The van der Waals surface area contributed by atoms with E-state index in [4.69, 9.17) is 23.2 Å². The molecule has 0 radical (unpaired) electrons. The predicted molar refractivity (Wildman–Crippen MR) is 96.5 cm³/mol. The highest BCUT2D eigenvalue weighted by Gasteiger charge is 2.48. The Morgan fingerprint density at radius 1 is 1.00 bits per heavy atom. The predicted octanol–water partition coefficient (Wildman–Crippen LogP) is 4.52. The number of anilines is 2. The maximum atomic E-state index is 12.3. The highest BCUT2D eigenvalue weighted by molar-refractivity contribution is 6.35. The van der Waals surface area contributed by atoms with Gasteiger partial charge < -0.3 is 10.6 Å². The van der Waals surface area contributed by atoms with Crippen molar-refractivity contribution in [2.75, 3.05) is 10.6 Å². The van der Waals surface area contributed by atoms with Crippen LogP contribution in [0.3, 0.4) is 0 Å². The van der Waals surface area contributed by atoms with Crippen molar-refractivity contribution in [3.8, 4) is 0 Å². The van der Waals surface area contributed by atoms with E-state index in [-0.39, 0.29) is 23.7 Å². The summed E-state index contributed by atoms with van der Waals surface area (Å²) < 4.78 is 0. The third-order valence-electron chi connectivity index (χ3n) is 3.94. The second-order valence-electron chi connectivity index (χ2n) is 5.92. The van der Waals surface area contributed by atoms with Crippen molar-refractivity contribution in [2.45, 2.75) is 13.3 Å². The number of hydrogen-bond acceptors (Lipinski definition) is 2. The van der Waals surface area contributed by atoms with Crippen molar-refractivity contribution >= 4 is 46.4 Å². The van der Waals surface area contributed by atoms with Gasteiger partial charge in [0, 0.05) is 10.7 Å². The number of rotatable bonds is 4. The lowest BCUT2D eigenvalue weighted by molar-refractivity contribution is -0.122. The van der Waals surface area contributed by atoms with Crippen LogP contribution in [0.1, 0.15) is 12.0 Å². The second kappa shape index (κ2) is 6.83. The topological polar surface area (TPSA) is 58.2 Å². The van der Waals surface area contributed by atoms with E-state index in [0.29, 0.717) is 22.2 Å². The smallest absolute Gasteiger partial charge is 0.228 e. The molecule has 6 heteroatoms. The van der Waals surface area contributed by atoms with Gasteiger partial charge in [-0.05, 0) is 49.2 Å². The van der Waals surface area contributed by atoms with Gasteiger partial charge in [-0.15, -0.1) is 0 Å². The first kappa shape index (κ1) is 16.8. The van der Waals surface area contributed by atoms with Crippen molar-refractivity contribution in [3.63, 3.8) is 0 Å². The summed E-state index contributed by atoms with van der Waals surface area (Å²) in [6.45, 7) is 1.96. The molecule has 1 saturated carbocycles. The van der Waals surface area contributed by atoms with Gasteiger partial charge in [0.1, 0.15) is 0 Å². The molecule has 0 aliphatic heterocycles. The van der Waals surface area contributed by atoms with Gasteiger partial charge in [-0.2, -0.15) is 0 Å². The zero-order valence-corrected chi connectivity index (χ0v) is 14.5. The van der Waals surface area contributed by atoms with E-state index in [9.17, 15) is 9.59 Å². The number of carbonyl (C=O) groups excluding carboxylic acids is 2. The first-order valence-corrected chi connectivity index (χ1v) is 8.33. The molecule has 2 aromatic rings. The third-order valence-corrected chi connectivity index (χ3v) is 4.50. The Bertz CT molecular complexity index is 807. The van der Waals surface area contributed by atoms with Crippen LogP contribution in [0.5, 0.6) is 0 Å². The van der Waals surface area contributed by atoms with Crippen LogP contribution in [0.2, 0.25) is 10.0 Å². The molecule has 1 aliphatic rings. The Morgan fingerprint density at radius 2 is 1.71 bits per heavy atom. The first-order valence-electron chi connectivity index (χ1n) is 7.57. The molecule has 0 heterocycles. The molecule has 24 heavy (non-hydrogen) atoms. The number of aryl methyl sites for hydroxylation is 1. The molecule has 2 atom stereocenters. The fourth-order valence-electron chi connectivity index (χ4n) is 2.55. The lowest BCUT2D eigenvalue weighted by Crippen LogP contribution is -2.20. The highest BCUT2D eigenvalue weighted by Crippen LogP contribution is 2.40. The molecule has 2 aromatic carbocycles. The molecule has 1 fully saturated rings. The van der Waals surface area contributed by atoms with E-state index >= 15 is 0 Å². The molecule has 2 amide bonds. The van der Waals surface area contributed by atoms with Crippen molar-refractivity contribution < 1.29 is 9.59 Å². The average molecular weight is 363 g/mol. The minimum absolute atomic E-state index is 0.141. The van der Waals surface area contributed by atoms with Gasteiger partial charge in [0.15, 0.2) is 0 Å². The molecule has 0 spiro atoms. The summed E-state index contributed by atoms with van der Waals surface area (Å²) in [6.07, 6.45) is 0.529. The van der Waals surface area contributed by atoms with Gasteiger partial charge in [-0.25, -0.2) is 0 Å². The van der Waals surface area contributed by atoms with Gasteiger partial charge in [0.25, 0.3) is 0 Å². The van der Waals surface area contributed by atoms with Crippen molar-refractivity contribution in [1.29, 1.82) is 0 Å². The van der Waals surface area contributed by atoms with E-state index < -0.39 is 0 Å². The third kappa shape index (κ3) is 3.89. The van der Waals surface area contributed by atoms with E-state index in [1.54, 1.807) is 18.2 Å². The number of carbonyl (C=O) groups is 2. The number of amides is 2. The standard InChI is InChI=1S/C18H16Cl2N2O2/c1-10-3-2-4-12(7-10)21-17(23)13-9-14(13)18(24)22-16-8-11(19)5-6-15(16)20/h2-8,13-14H,9H2,1H3,(H,21,23)(H,22,24). The Balaban J connectivity index is 1.59. The van der Waals surface area contributed by atoms with Gasteiger partial charge >= 0.3 is 0 Å². The van der Waals surface area contributed by atoms with Gasteiger partial charge in [-0.3, -0.25) is 9.59 Å². The molecule has 0 bridgehead atoms. The van der Waals surface area contributed by atoms with Gasteiger partial charge in [0.2, 0.25) is 11.8 Å². The fraction of sp³-hybridized carbons (Fsp3) is 0.222. The molecule has 4 nitrogen and oxygen atoms in total. The zero-order chi connectivity index (χ0) is 17.3. The largest absolute Gasteiger partial charge is 0.326 e. The normalized spacial score (nSPS) is 18.8. The first-order chi connectivity index (χ1) is 11.4. The Hall–Kier alpha value is -2.04.